The summed E-state index contributed by atoms with van der Waals surface area (Å²) in [6, 6.07) is 21.2. The molecule has 6 nitrogen and oxygen atoms in total. The topological polar surface area (TPSA) is 76.8 Å². The summed E-state index contributed by atoms with van der Waals surface area (Å²) in [5, 5.41) is 0.711. The lowest BCUT2D eigenvalue weighted by Gasteiger charge is -2.22. The first-order valence-electron chi connectivity index (χ1n) is 9.19. The summed E-state index contributed by atoms with van der Waals surface area (Å²) >= 11 is 0. The molecule has 0 unspecified atom stereocenters. The van der Waals surface area contributed by atoms with E-state index in [1.54, 1.807) is 48.5 Å². The van der Waals surface area contributed by atoms with Crippen molar-refractivity contribution in [3.05, 3.63) is 90.2 Å². The summed E-state index contributed by atoms with van der Waals surface area (Å²) in [7, 11) is -2.68. The number of furan rings is 1. The zero-order valence-corrected chi connectivity index (χ0v) is 17.2. The lowest BCUT2D eigenvalue weighted by Crippen LogP contribution is -2.36. The van der Waals surface area contributed by atoms with Gasteiger partial charge in [-0.15, -0.1) is 0 Å². The van der Waals surface area contributed by atoms with Gasteiger partial charge in [0, 0.05) is 5.39 Å². The van der Waals surface area contributed by atoms with E-state index < -0.39 is 15.9 Å². The number of sulfonamides is 1. The van der Waals surface area contributed by atoms with Gasteiger partial charge in [-0.25, -0.2) is 8.42 Å². The SMILES string of the molecule is COc1ccc(N(C(=O)c2cc3ccccc3o2)S(=O)(=O)c2ccc(C)cc2)cc1. The van der Waals surface area contributed by atoms with Crippen LogP contribution < -0.4 is 9.04 Å². The zero-order chi connectivity index (χ0) is 21.3. The molecule has 0 aliphatic rings. The van der Waals surface area contributed by atoms with Crippen molar-refractivity contribution >= 4 is 32.6 Å². The third kappa shape index (κ3) is 3.55. The fourth-order valence-electron chi connectivity index (χ4n) is 3.09. The number of amides is 1. The molecular formula is C23H19NO5S. The van der Waals surface area contributed by atoms with Gasteiger partial charge < -0.3 is 9.15 Å². The normalized spacial score (nSPS) is 11.4. The Balaban J connectivity index is 1.85. The number of para-hydroxylation sites is 1. The minimum Gasteiger partial charge on any atom is -0.497 e. The van der Waals surface area contributed by atoms with E-state index in [2.05, 4.69) is 0 Å². The van der Waals surface area contributed by atoms with Crippen molar-refractivity contribution in [1.29, 1.82) is 0 Å². The molecule has 4 rings (SSSR count). The van der Waals surface area contributed by atoms with E-state index in [4.69, 9.17) is 9.15 Å². The molecule has 3 aromatic carbocycles. The van der Waals surface area contributed by atoms with E-state index in [-0.39, 0.29) is 16.3 Å². The van der Waals surface area contributed by atoms with Gasteiger partial charge in [-0.2, -0.15) is 4.31 Å². The molecule has 0 aliphatic carbocycles. The van der Waals surface area contributed by atoms with Gasteiger partial charge in [-0.05, 0) is 55.5 Å². The number of nitrogens with zero attached hydrogens (tertiary/aromatic N) is 1. The second-order valence-electron chi connectivity index (χ2n) is 6.73. The predicted molar refractivity (Wildman–Crippen MR) is 114 cm³/mol. The monoisotopic (exact) mass is 421 g/mol. The Morgan fingerprint density at radius 1 is 0.933 bits per heavy atom. The maximum absolute atomic E-state index is 13.5. The highest BCUT2D eigenvalue weighted by atomic mass is 32.2. The average Bonchev–Trinajstić information content (AvgIpc) is 3.19. The standard InChI is InChI=1S/C23H19NO5S/c1-16-7-13-20(14-8-16)30(26,27)24(18-9-11-19(28-2)12-10-18)23(25)22-15-17-5-3-4-6-21(17)29-22/h3-15H,1-2H3. The van der Waals surface area contributed by atoms with Crippen molar-refractivity contribution in [1.82, 2.24) is 0 Å². The van der Waals surface area contributed by atoms with E-state index in [1.165, 1.54) is 31.4 Å². The molecule has 4 aromatic rings. The Kier molecular flexibility index (Phi) is 5.05. The summed E-state index contributed by atoms with van der Waals surface area (Å²) in [4.78, 5) is 13.4. The molecule has 1 amide bonds. The van der Waals surface area contributed by atoms with Crippen molar-refractivity contribution in [2.45, 2.75) is 11.8 Å². The minimum atomic E-state index is -4.19. The second-order valence-corrected chi connectivity index (χ2v) is 8.52. The van der Waals surface area contributed by atoms with Gasteiger partial charge in [-0.1, -0.05) is 35.9 Å². The number of carbonyl (C=O) groups excluding carboxylic acids is 1. The van der Waals surface area contributed by atoms with Gasteiger partial charge in [0.25, 0.3) is 10.0 Å². The lowest BCUT2D eigenvalue weighted by atomic mass is 10.2. The highest BCUT2D eigenvalue weighted by molar-refractivity contribution is 7.93. The van der Waals surface area contributed by atoms with Gasteiger partial charge in [-0.3, -0.25) is 4.79 Å². The molecule has 7 heteroatoms. The number of carbonyl (C=O) groups is 1. The Hall–Kier alpha value is -3.58. The van der Waals surface area contributed by atoms with Crippen molar-refractivity contribution in [3.8, 4) is 5.75 Å². The van der Waals surface area contributed by atoms with Gasteiger partial charge in [0.2, 0.25) is 0 Å². The Morgan fingerprint density at radius 3 is 2.23 bits per heavy atom. The second kappa shape index (κ2) is 7.68. The quantitative estimate of drug-likeness (QED) is 0.463. The molecule has 0 spiro atoms. The van der Waals surface area contributed by atoms with Crippen LogP contribution in [0.2, 0.25) is 0 Å². The molecule has 0 radical (unpaired) electrons. The number of aryl methyl sites for hydroxylation is 1. The van der Waals surface area contributed by atoms with Crippen LogP contribution in [0, 0.1) is 6.92 Å². The number of hydrogen-bond donors (Lipinski definition) is 0. The van der Waals surface area contributed by atoms with E-state index in [9.17, 15) is 13.2 Å². The number of benzene rings is 3. The Bertz CT molecular complexity index is 1270. The minimum absolute atomic E-state index is 0.00776. The van der Waals surface area contributed by atoms with Crippen molar-refractivity contribution in [2.75, 3.05) is 11.4 Å². The van der Waals surface area contributed by atoms with Gasteiger partial charge in [0.05, 0.1) is 17.7 Å². The maximum Gasteiger partial charge on any atom is 0.308 e. The first kappa shape index (κ1) is 19.7. The van der Waals surface area contributed by atoms with Crippen molar-refractivity contribution < 1.29 is 22.4 Å². The molecule has 0 aliphatic heterocycles. The molecule has 0 fully saturated rings. The number of methoxy groups -OCH3 is 1. The number of hydrogen-bond acceptors (Lipinski definition) is 5. The summed E-state index contributed by atoms with van der Waals surface area (Å²) in [5.41, 5.74) is 1.60. The summed E-state index contributed by atoms with van der Waals surface area (Å²) in [5.74, 6) is -0.303. The van der Waals surface area contributed by atoms with E-state index in [1.807, 2.05) is 13.0 Å². The van der Waals surface area contributed by atoms with E-state index >= 15 is 0 Å². The van der Waals surface area contributed by atoms with Crippen LogP contribution in [-0.2, 0) is 10.0 Å². The molecule has 1 aromatic heterocycles. The number of fused-ring (bicyclic) bond motifs is 1. The van der Waals surface area contributed by atoms with Crippen LogP contribution >= 0.6 is 0 Å². The first-order chi connectivity index (χ1) is 14.4. The van der Waals surface area contributed by atoms with Crippen LogP contribution in [0.3, 0.4) is 0 Å². The zero-order valence-electron chi connectivity index (χ0n) is 16.4. The Morgan fingerprint density at radius 2 is 1.60 bits per heavy atom. The fourth-order valence-corrected chi connectivity index (χ4v) is 4.48. The number of ether oxygens (including phenoxy) is 1. The molecule has 0 atom stereocenters. The third-order valence-corrected chi connectivity index (χ3v) is 6.41. The van der Waals surface area contributed by atoms with Crippen LogP contribution in [0.15, 0.2) is 88.2 Å². The molecule has 0 saturated carbocycles. The van der Waals surface area contributed by atoms with Crippen molar-refractivity contribution in [2.24, 2.45) is 0 Å². The van der Waals surface area contributed by atoms with Gasteiger partial charge in [0.15, 0.2) is 5.76 Å². The highest BCUT2D eigenvalue weighted by Gasteiger charge is 2.33. The van der Waals surface area contributed by atoms with Crippen LogP contribution in [0.1, 0.15) is 16.1 Å². The Labute approximate surface area is 174 Å². The maximum atomic E-state index is 13.5. The van der Waals surface area contributed by atoms with Crippen LogP contribution in [0.25, 0.3) is 11.0 Å². The highest BCUT2D eigenvalue weighted by Crippen LogP contribution is 2.29. The molecule has 0 N–H and O–H groups in total. The number of rotatable bonds is 5. The molecule has 152 valence electrons. The smallest absolute Gasteiger partial charge is 0.308 e. The molecule has 1 heterocycles. The molecule has 0 bridgehead atoms. The molecule has 0 saturated heterocycles. The van der Waals surface area contributed by atoms with E-state index in [0.29, 0.717) is 16.7 Å². The van der Waals surface area contributed by atoms with Crippen LogP contribution in [0.4, 0.5) is 5.69 Å². The summed E-state index contributed by atoms with van der Waals surface area (Å²) < 4.78 is 38.5. The fraction of sp³-hybridized carbons (Fsp3) is 0.0870. The molecular weight excluding hydrogens is 402 g/mol. The van der Waals surface area contributed by atoms with Crippen LogP contribution in [-0.4, -0.2) is 21.4 Å². The first-order valence-corrected chi connectivity index (χ1v) is 10.6. The molecule has 30 heavy (non-hydrogen) atoms. The van der Waals surface area contributed by atoms with E-state index in [0.717, 1.165) is 9.87 Å². The lowest BCUT2D eigenvalue weighted by molar-refractivity contribution is 0.0981. The van der Waals surface area contributed by atoms with Crippen molar-refractivity contribution in [3.63, 3.8) is 0 Å². The number of anilines is 1. The largest absolute Gasteiger partial charge is 0.497 e. The van der Waals surface area contributed by atoms with Gasteiger partial charge in [0.1, 0.15) is 11.3 Å². The summed E-state index contributed by atoms with van der Waals surface area (Å²) in [6.45, 7) is 1.86. The summed E-state index contributed by atoms with van der Waals surface area (Å²) in [6.07, 6.45) is 0. The average molecular weight is 421 g/mol. The predicted octanol–water partition coefficient (Wildman–Crippen LogP) is 4.79. The van der Waals surface area contributed by atoms with Gasteiger partial charge >= 0.3 is 5.91 Å². The van der Waals surface area contributed by atoms with Crippen LogP contribution in [0.5, 0.6) is 5.75 Å². The third-order valence-electron chi connectivity index (χ3n) is 4.69.